The highest BCUT2D eigenvalue weighted by atomic mass is 35.5. The zero-order valence-corrected chi connectivity index (χ0v) is 17.3. The fourth-order valence-electron chi connectivity index (χ4n) is 2.29. The number of hydrogen-bond acceptors (Lipinski definition) is 4. The lowest BCUT2D eigenvalue weighted by atomic mass is 10.1. The molecule has 1 atom stereocenters. The van der Waals surface area contributed by atoms with Crippen LogP contribution in [-0.2, 0) is 14.8 Å². The molecule has 2 aromatic carbocycles. The Morgan fingerprint density at radius 3 is 2.22 bits per heavy atom. The molecule has 0 fully saturated rings. The molecule has 0 unspecified atom stereocenters. The minimum Gasteiger partial charge on any atom is -0.374 e. The van der Waals surface area contributed by atoms with Gasteiger partial charge in [-0.15, -0.1) is 0 Å². The van der Waals surface area contributed by atoms with Crippen molar-refractivity contribution in [2.24, 2.45) is 0 Å². The molecule has 0 saturated carbocycles. The molecule has 2 rings (SSSR count). The number of sulfonamides is 1. The number of nitrogens with one attached hydrogen (secondary N) is 3. The fraction of sp³-hybridized carbons (Fsp3) is 0.316. The smallest absolute Gasteiger partial charge is 0.261 e. The van der Waals surface area contributed by atoms with Crippen molar-refractivity contribution in [3.63, 3.8) is 0 Å². The van der Waals surface area contributed by atoms with E-state index < -0.39 is 16.1 Å². The number of anilines is 2. The van der Waals surface area contributed by atoms with E-state index in [-0.39, 0.29) is 16.3 Å². The Morgan fingerprint density at radius 1 is 1.04 bits per heavy atom. The van der Waals surface area contributed by atoms with E-state index in [0.29, 0.717) is 16.4 Å². The van der Waals surface area contributed by atoms with Gasteiger partial charge in [-0.05, 0) is 70.2 Å². The van der Waals surface area contributed by atoms with Gasteiger partial charge in [0.2, 0.25) is 5.91 Å². The first kappa shape index (κ1) is 21.1. The normalized spacial score (nSPS) is 12.9. The van der Waals surface area contributed by atoms with E-state index in [1.165, 1.54) is 24.3 Å². The van der Waals surface area contributed by atoms with Crippen molar-refractivity contribution in [1.82, 2.24) is 5.32 Å². The highest BCUT2D eigenvalue weighted by Gasteiger charge is 2.19. The molecule has 0 bridgehead atoms. The summed E-state index contributed by atoms with van der Waals surface area (Å²) in [7, 11) is -3.73. The van der Waals surface area contributed by atoms with Crippen LogP contribution in [-0.4, -0.2) is 25.9 Å². The van der Waals surface area contributed by atoms with Crippen molar-refractivity contribution in [2.45, 2.75) is 44.2 Å². The lowest BCUT2D eigenvalue weighted by Crippen LogP contribution is -2.47. The molecular weight excluding hydrogens is 386 g/mol. The molecule has 1 amide bonds. The maximum atomic E-state index is 12.5. The molecule has 8 heteroatoms. The van der Waals surface area contributed by atoms with Crippen LogP contribution in [0.25, 0.3) is 0 Å². The number of amides is 1. The third-order valence-corrected chi connectivity index (χ3v) is 5.16. The minimum atomic E-state index is -3.73. The van der Waals surface area contributed by atoms with Crippen LogP contribution in [0.1, 0.15) is 27.7 Å². The molecule has 146 valence electrons. The maximum absolute atomic E-state index is 12.5. The van der Waals surface area contributed by atoms with E-state index in [4.69, 9.17) is 11.6 Å². The molecule has 2 aromatic rings. The van der Waals surface area contributed by atoms with Crippen molar-refractivity contribution in [1.29, 1.82) is 0 Å². The average molecular weight is 410 g/mol. The van der Waals surface area contributed by atoms with E-state index >= 15 is 0 Å². The first-order chi connectivity index (χ1) is 12.5. The van der Waals surface area contributed by atoms with Crippen LogP contribution in [0.4, 0.5) is 11.4 Å². The largest absolute Gasteiger partial charge is 0.374 e. The van der Waals surface area contributed by atoms with E-state index in [2.05, 4.69) is 15.4 Å². The third kappa shape index (κ3) is 6.45. The van der Waals surface area contributed by atoms with Gasteiger partial charge in [0, 0.05) is 16.2 Å². The van der Waals surface area contributed by atoms with Crippen LogP contribution < -0.4 is 15.4 Å². The summed E-state index contributed by atoms with van der Waals surface area (Å²) in [5.41, 5.74) is 0.685. The Kier molecular flexibility index (Phi) is 6.38. The molecule has 6 nitrogen and oxygen atoms in total. The van der Waals surface area contributed by atoms with E-state index in [1.807, 2.05) is 20.8 Å². The van der Waals surface area contributed by atoms with Gasteiger partial charge in [0.15, 0.2) is 0 Å². The quantitative estimate of drug-likeness (QED) is 0.676. The number of rotatable bonds is 6. The van der Waals surface area contributed by atoms with Gasteiger partial charge in [-0.2, -0.15) is 0 Å². The summed E-state index contributed by atoms with van der Waals surface area (Å²) >= 11 is 5.80. The van der Waals surface area contributed by atoms with Gasteiger partial charge >= 0.3 is 0 Å². The Bertz CT molecular complexity index is 907. The molecular formula is C19H24ClN3O3S. The van der Waals surface area contributed by atoms with Gasteiger partial charge in [0.05, 0.1) is 10.6 Å². The summed E-state index contributed by atoms with van der Waals surface area (Å²) in [5.74, 6) is -0.144. The molecule has 27 heavy (non-hydrogen) atoms. The van der Waals surface area contributed by atoms with Crippen LogP contribution in [0.15, 0.2) is 53.4 Å². The number of carbonyl (C=O) groups is 1. The van der Waals surface area contributed by atoms with Crippen molar-refractivity contribution >= 4 is 38.9 Å². The van der Waals surface area contributed by atoms with Gasteiger partial charge < -0.3 is 10.6 Å². The van der Waals surface area contributed by atoms with Crippen LogP contribution >= 0.6 is 11.6 Å². The number of hydrogen-bond donors (Lipinski definition) is 3. The summed E-state index contributed by atoms with van der Waals surface area (Å²) < 4.78 is 27.5. The molecule has 0 spiro atoms. The van der Waals surface area contributed by atoms with Crippen molar-refractivity contribution < 1.29 is 13.2 Å². The molecule has 0 aliphatic carbocycles. The molecule has 0 aromatic heterocycles. The Hall–Kier alpha value is -2.25. The van der Waals surface area contributed by atoms with Crippen molar-refractivity contribution in [2.75, 3.05) is 10.0 Å². The lowest BCUT2D eigenvalue weighted by molar-refractivity contribution is -0.122. The summed E-state index contributed by atoms with van der Waals surface area (Å²) in [6.45, 7) is 7.46. The highest BCUT2D eigenvalue weighted by Crippen LogP contribution is 2.21. The predicted octanol–water partition coefficient (Wildman–Crippen LogP) is 3.86. The topological polar surface area (TPSA) is 87.3 Å². The van der Waals surface area contributed by atoms with Gasteiger partial charge in [-0.3, -0.25) is 9.52 Å². The van der Waals surface area contributed by atoms with Crippen molar-refractivity contribution in [3.05, 3.63) is 53.6 Å². The monoisotopic (exact) mass is 409 g/mol. The minimum absolute atomic E-state index is 0.114. The van der Waals surface area contributed by atoms with Crippen LogP contribution in [0.2, 0.25) is 5.02 Å². The number of carbonyl (C=O) groups excluding carboxylic acids is 1. The maximum Gasteiger partial charge on any atom is 0.261 e. The standard InChI is InChI=1S/C19H24ClN3O3S/c1-13(18(24)22-19(2,3)4)21-15-6-5-7-16(12-15)23-27(25,26)17-10-8-14(20)9-11-17/h5-13,21,23H,1-4H3,(H,22,24)/t13-/m0/s1. The second-order valence-electron chi connectivity index (χ2n) is 7.25. The van der Waals surface area contributed by atoms with E-state index in [1.54, 1.807) is 31.2 Å². The number of benzene rings is 2. The van der Waals surface area contributed by atoms with Gasteiger partial charge in [-0.1, -0.05) is 17.7 Å². The molecule has 0 aliphatic heterocycles. The summed E-state index contributed by atoms with van der Waals surface area (Å²) in [6.07, 6.45) is 0. The summed E-state index contributed by atoms with van der Waals surface area (Å²) in [5, 5.41) is 6.43. The molecule has 0 heterocycles. The molecule has 0 radical (unpaired) electrons. The summed E-state index contributed by atoms with van der Waals surface area (Å²) in [6, 6.07) is 12.2. The number of halogens is 1. The fourth-order valence-corrected chi connectivity index (χ4v) is 3.47. The Balaban J connectivity index is 2.11. The van der Waals surface area contributed by atoms with Gasteiger partial charge in [0.1, 0.15) is 6.04 Å². The molecule has 0 saturated heterocycles. The first-order valence-electron chi connectivity index (χ1n) is 8.43. The van der Waals surface area contributed by atoms with E-state index in [9.17, 15) is 13.2 Å². The second kappa shape index (κ2) is 8.19. The first-order valence-corrected chi connectivity index (χ1v) is 10.3. The molecule has 3 N–H and O–H groups in total. The lowest BCUT2D eigenvalue weighted by Gasteiger charge is -2.24. The van der Waals surface area contributed by atoms with Crippen LogP contribution in [0.5, 0.6) is 0 Å². The SMILES string of the molecule is C[C@H](Nc1cccc(NS(=O)(=O)c2ccc(Cl)cc2)c1)C(=O)NC(C)(C)C. The Morgan fingerprint density at radius 2 is 1.63 bits per heavy atom. The van der Waals surface area contributed by atoms with Crippen LogP contribution in [0.3, 0.4) is 0 Å². The highest BCUT2D eigenvalue weighted by molar-refractivity contribution is 7.92. The van der Waals surface area contributed by atoms with Gasteiger partial charge in [0.25, 0.3) is 10.0 Å². The summed E-state index contributed by atoms with van der Waals surface area (Å²) in [4.78, 5) is 12.3. The predicted molar refractivity (Wildman–Crippen MR) is 110 cm³/mol. The van der Waals surface area contributed by atoms with E-state index in [0.717, 1.165) is 0 Å². The molecule has 0 aliphatic rings. The average Bonchev–Trinajstić information content (AvgIpc) is 2.53. The zero-order chi connectivity index (χ0) is 20.2. The zero-order valence-electron chi connectivity index (χ0n) is 15.7. The second-order valence-corrected chi connectivity index (χ2v) is 9.36. The third-order valence-electron chi connectivity index (χ3n) is 3.51. The Labute approximate surface area is 165 Å². The van der Waals surface area contributed by atoms with Crippen molar-refractivity contribution in [3.8, 4) is 0 Å². The van der Waals surface area contributed by atoms with Crippen LogP contribution in [0, 0.1) is 0 Å². The van der Waals surface area contributed by atoms with Gasteiger partial charge in [-0.25, -0.2) is 8.42 Å².